The number of carbonyl (C=O) groups is 1. The summed E-state index contributed by atoms with van der Waals surface area (Å²) in [6.45, 7) is 6.93. The monoisotopic (exact) mass is 372 g/mol. The van der Waals surface area contributed by atoms with Crippen molar-refractivity contribution in [3.05, 3.63) is 36.1 Å². The summed E-state index contributed by atoms with van der Waals surface area (Å²) < 4.78 is 10.9. The Labute approximate surface area is 159 Å². The van der Waals surface area contributed by atoms with Crippen LogP contribution in [0.5, 0.6) is 0 Å². The molecule has 1 aromatic heterocycles. The van der Waals surface area contributed by atoms with Crippen molar-refractivity contribution in [2.75, 3.05) is 26.2 Å². The Morgan fingerprint density at radius 1 is 1.30 bits per heavy atom. The van der Waals surface area contributed by atoms with Crippen LogP contribution in [0.2, 0.25) is 0 Å². The summed E-state index contributed by atoms with van der Waals surface area (Å²) in [7, 11) is 0. The third-order valence-corrected chi connectivity index (χ3v) is 4.58. The number of ether oxygens (including phenoxy) is 1. The van der Waals surface area contributed by atoms with Crippen LogP contribution in [0, 0.1) is 0 Å². The first-order chi connectivity index (χ1) is 13.2. The first kappa shape index (κ1) is 19.1. The minimum absolute atomic E-state index is 0.221. The van der Waals surface area contributed by atoms with E-state index in [1.54, 1.807) is 4.90 Å². The fraction of sp³-hybridized carbons (Fsp3) is 0.500. The molecule has 0 saturated carbocycles. The third kappa shape index (κ3) is 5.15. The van der Waals surface area contributed by atoms with Gasteiger partial charge in [-0.3, -0.25) is 0 Å². The van der Waals surface area contributed by atoms with Crippen molar-refractivity contribution in [2.45, 2.75) is 39.3 Å². The molecule has 1 aliphatic rings. The molecule has 2 N–H and O–H groups in total. The molecule has 3 rings (SSSR count). The minimum Gasteiger partial charge on any atom is -0.459 e. The second-order valence-electron chi connectivity index (χ2n) is 6.55. The molecule has 2 aromatic rings. The van der Waals surface area contributed by atoms with Crippen LogP contribution in [0.15, 0.2) is 39.7 Å². The molecule has 0 bridgehead atoms. The van der Waals surface area contributed by atoms with E-state index in [9.17, 15) is 4.79 Å². The number of carbonyl (C=O) groups excluding carboxylic acids is 1. The number of nitrogens with one attached hydrogen (secondary N) is 2. The van der Waals surface area contributed by atoms with Crippen molar-refractivity contribution in [2.24, 2.45) is 4.99 Å². The highest BCUT2D eigenvalue weighted by Gasteiger charge is 2.24. The van der Waals surface area contributed by atoms with E-state index in [1.165, 1.54) is 0 Å². The lowest BCUT2D eigenvalue weighted by molar-refractivity contribution is 0.0963. The molecule has 0 aliphatic carbocycles. The summed E-state index contributed by atoms with van der Waals surface area (Å²) in [5.74, 6) is 1.61. The summed E-state index contributed by atoms with van der Waals surface area (Å²) in [4.78, 5) is 18.2. The van der Waals surface area contributed by atoms with Gasteiger partial charge in [-0.15, -0.1) is 0 Å². The SMILES string of the molecule is CCNC(=NCc1cc2ccccc2o1)NC1CCN(C(=O)OCC)CC1. The number of hydrogen-bond donors (Lipinski definition) is 2. The van der Waals surface area contributed by atoms with Gasteiger partial charge in [0.15, 0.2) is 5.96 Å². The molecule has 0 spiro atoms. The zero-order chi connectivity index (χ0) is 19.1. The number of fused-ring (bicyclic) bond motifs is 1. The number of piperidine rings is 1. The van der Waals surface area contributed by atoms with Crippen molar-refractivity contribution in [1.82, 2.24) is 15.5 Å². The van der Waals surface area contributed by atoms with E-state index < -0.39 is 0 Å². The molecule has 1 saturated heterocycles. The number of guanidine groups is 1. The maximum Gasteiger partial charge on any atom is 0.409 e. The quantitative estimate of drug-likeness (QED) is 0.623. The van der Waals surface area contributed by atoms with E-state index in [0.717, 1.165) is 42.1 Å². The van der Waals surface area contributed by atoms with E-state index >= 15 is 0 Å². The minimum atomic E-state index is -0.221. The molecule has 7 nitrogen and oxygen atoms in total. The second-order valence-corrected chi connectivity index (χ2v) is 6.55. The Bertz CT molecular complexity index is 745. The Kier molecular flexibility index (Phi) is 6.57. The highest BCUT2D eigenvalue weighted by atomic mass is 16.6. The average molecular weight is 372 g/mol. The molecule has 1 aromatic carbocycles. The molecule has 27 heavy (non-hydrogen) atoms. The Balaban J connectivity index is 1.55. The summed E-state index contributed by atoms with van der Waals surface area (Å²) in [5, 5.41) is 7.84. The van der Waals surface area contributed by atoms with E-state index in [4.69, 9.17) is 9.15 Å². The second kappa shape index (κ2) is 9.30. The van der Waals surface area contributed by atoms with Crippen LogP contribution in [0.1, 0.15) is 32.4 Å². The number of hydrogen-bond acceptors (Lipinski definition) is 4. The molecule has 1 fully saturated rings. The van der Waals surface area contributed by atoms with Gasteiger partial charge in [0.2, 0.25) is 0 Å². The van der Waals surface area contributed by atoms with Crippen LogP contribution in [0.3, 0.4) is 0 Å². The van der Waals surface area contributed by atoms with Crippen molar-refractivity contribution < 1.29 is 13.9 Å². The maximum atomic E-state index is 11.8. The molecule has 2 heterocycles. The van der Waals surface area contributed by atoms with Crippen LogP contribution in [-0.2, 0) is 11.3 Å². The number of furan rings is 1. The Morgan fingerprint density at radius 3 is 2.78 bits per heavy atom. The normalized spacial score (nSPS) is 15.8. The summed E-state index contributed by atoms with van der Waals surface area (Å²) in [5.41, 5.74) is 0.881. The molecule has 0 atom stereocenters. The molecular weight excluding hydrogens is 344 g/mol. The first-order valence-electron chi connectivity index (χ1n) is 9.63. The third-order valence-electron chi connectivity index (χ3n) is 4.58. The van der Waals surface area contributed by atoms with E-state index in [1.807, 2.05) is 44.2 Å². The summed E-state index contributed by atoms with van der Waals surface area (Å²) >= 11 is 0. The lowest BCUT2D eigenvalue weighted by Crippen LogP contribution is -2.49. The number of nitrogens with zero attached hydrogens (tertiary/aromatic N) is 2. The van der Waals surface area contributed by atoms with Crippen molar-refractivity contribution in [3.8, 4) is 0 Å². The van der Waals surface area contributed by atoms with Gasteiger partial charge in [0, 0.05) is 31.1 Å². The predicted molar refractivity (Wildman–Crippen MR) is 106 cm³/mol. The number of benzene rings is 1. The number of aliphatic imine (C=N–C) groups is 1. The first-order valence-corrected chi connectivity index (χ1v) is 9.63. The van der Waals surface area contributed by atoms with Crippen LogP contribution < -0.4 is 10.6 Å². The standard InChI is InChI=1S/C20H28N4O3/c1-3-21-19(22-14-17-13-15-7-5-6-8-18(15)27-17)23-16-9-11-24(12-10-16)20(25)26-4-2/h5-8,13,16H,3-4,9-12,14H2,1-2H3,(H2,21,22,23). The van der Waals surface area contributed by atoms with E-state index in [-0.39, 0.29) is 12.1 Å². The van der Waals surface area contributed by atoms with Crippen molar-refractivity contribution in [1.29, 1.82) is 0 Å². The molecule has 1 aliphatic heterocycles. The number of likely N-dealkylation sites (tertiary alicyclic amines) is 1. The fourth-order valence-electron chi connectivity index (χ4n) is 3.21. The zero-order valence-electron chi connectivity index (χ0n) is 16.0. The molecule has 1 amide bonds. The lowest BCUT2D eigenvalue weighted by atomic mass is 10.1. The van der Waals surface area contributed by atoms with Crippen LogP contribution in [0.4, 0.5) is 4.79 Å². The van der Waals surface area contributed by atoms with Gasteiger partial charge in [-0.1, -0.05) is 18.2 Å². The van der Waals surface area contributed by atoms with Crippen LogP contribution in [0.25, 0.3) is 11.0 Å². The summed E-state index contributed by atoms with van der Waals surface area (Å²) in [6.07, 6.45) is 1.52. The predicted octanol–water partition coefficient (Wildman–Crippen LogP) is 3.11. The smallest absolute Gasteiger partial charge is 0.409 e. The highest BCUT2D eigenvalue weighted by molar-refractivity contribution is 5.80. The number of para-hydroxylation sites is 1. The van der Waals surface area contributed by atoms with Gasteiger partial charge in [-0.25, -0.2) is 9.79 Å². The van der Waals surface area contributed by atoms with Crippen molar-refractivity contribution >= 4 is 23.0 Å². The van der Waals surface area contributed by atoms with Gasteiger partial charge < -0.3 is 24.7 Å². The molecule has 0 radical (unpaired) electrons. The van der Waals surface area contributed by atoms with Gasteiger partial charge >= 0.3 is 6.09 Å². The summed E-state index contributed by atoms with van der Waals surface area (Å²) in [6, 6.07) is 10.3. The number of amides is 1. The molecular formula is C20H28N4O3. The molecule has 7 heteroatoms. The molecule has 146 valence electrons. The lowest BCUT2D eigenvalue weighted by Gasteiger charge is -2.32. The van der Waals surface area contributed by atoms with E-state index in [2.05, 4.69) is 15.6 Å². The van der Waals surface area contributed by atoms with Crippen LogP contribution in [-0.4, -0.2) is 49.2 Å². The highest BCUT2D eigenvalue weighted by Crippen LogP contribution is 2.19. The topological polar surface area (TPSA) is 79.1 Å². The molecule has 0 unspecified atom stereocenters. The van der Waals surface area contributed by atoms with Crippen LogP contribution >= 0.6 is 0 Å². The average Bonchev–Trinajstić information content (AvgIpc) is 3.10. The largest absolute Gasteiger partial charge is 0.459 e. The van der Waals surface area contributed by atoms with Crippen molar-refractivity contribution in [3.63, 3.8) is 0 Å². The Morgan fingerprint density at radius 2 is 2.07 bits per heavy atom. The van der Waals surface area contributed by atoms with Gasteiger partial charge in [0.25, 0.3) is 0 Å². The van der Waals surface area contributed by atoms with Gasteiger partial charge in [0.05, 0.1) is 6.61 Å². The van der Waals surface area contributed by atoms with Gasteiger partial charge in [0.1, 0.15) is 17.9 Å². The Hall–Kier alpha value is -2.70. The van der Waals surface area contributed by atoms with E-state index in [0.29, 0.717) is 26.2 Å². The van der Waals surface area contributed by atoms with Gasteiger partial charge in [-0.05, 0) is 38.8 Å². The zero-order valence-corrected chi connectivity index (χ0v) is 16.0. The maximum absolute atomic E-state index is 11.8. The fourth-order valence-corrected chi connectivity index (χ4v) is 3.21. The van der Waals surface area contributed by atoms with Gasteiger partial charge in [-0.2, -0.15) is 0 Å². The number of rotatable bonds is 5.